The van der Waals surface area contributed by atoms with Crippen LogP contribution in [0.15, 0.2) is 42.5 Å². The standard InChI is InChI=1S/C16H17ClO4/c1-12(2)16(19)21-11-3-10-20-15(18)9-6-13-4-7-14(17)8-5-13/h4-9H,1,3,10-11H2,2H3/b9-6+. The van der Waals surface area contributed by atoms with Gasteiger partial charge in [0, 0.05) is 23.1 Å². The van der Waals surface area contributed by atoms with Crippen molar-refractivity contribution in [2.24, 2.45) is 0 Å². The van der Waals surface area contributed by atoms with Crippen LogP contribution in [0.5, 0.6) is 0 Å². The molecule has 21 heavy (non-hydrogen) atoms. The summed E-state index contributed by atoms with van der Waals surface area (Å²) in [5, 5.41) is 0.638. The number of hydrogen-bond acceptors (Lipinski definition) is 4. The largest absolute Gasteiger partial charge is 0.462 e. The van der Waals surface area contributed by atoms with Crippen molar-refractivity contribution in [3.8, 4) is 0 Å². The Morgan fingerprint density at radius 1 is 1.19 bits per heavy atom. The minimum atomic E-state index is -0.448. The zero-order chi connectivity index (χ0) is 15.7. The highest BCUT2D eigenvalue weighted by Crippen LogP contribution is 2.10. The molecule has 0 heterocycles. The number of carbonyl (C=O) groups is 2. The summed E-state index contributed by atoms with van der Waals surface area (Å²) >= 11 is 5.76. The molecule has 0 spiro atoms. The lowest BCUT2D eigenvalue weighted by Gasteiger charge is -2.04. The van der Waals surface area contributed by atoms with Crippen molar-refractivity contribution in [1.29, 1.82) is 0 Å². The number of benzene rings is 1. The summed E-state index contributed by atoms with van der Waals surface area (Å²) in [6.07, 6.45) is 3.42. The summed E-state index contributed by atoms with van der Waals surface area (Å²) in [5.41, 5.74) is 1.20. The lowest BCUT2D eigenvalue weighted by Crippen LogP contribution is -2.09. The number of hydrogen-bond donors (Lipinski definition) is 0. The summed E-state index contributed by atoms with van der Waals surface area (Å²) in [7, 11) is 0. The predicted octanol–water partition coefficient (Wildman–Crippen LogP) is 3.41. The van der Waals surface area contributed by atoms with Gasteiger partial charge < -0.3 is 9.47 Å². The van der Waals surface area contributed by atoms with E-state index in [1.54, 1.807) is 37.3 Å². The first-order valence-electron chi connectivity index (χ1n) is 6.42. The molecule has 5 heteroatoms. The quantitative estimate of drug-likeness (QED) is 0.440. The van der Waals surface area contributed by atoms with E-state index >= 15 is 0 Å². The van der Waals surface area contributed by atoms with Crippen molar-refractivity contribution in [1.82, 2.24) is 0 Å². The second-order valence-corrected chi connectivity index (χ2v) is 4.76. The molecule has 0 saturated carbocycles. The molecule has 0 saturated heterocycles. The van der Waals surface area contributed by atoms with Crippen LogP contribution in [-0.4, -0.2) is 25.2 Å². The molecule has 0 aliphatic carbocycles. The zero-order valence-electron chi connectivity index (χ0n) is 11.8. The number of ether oxygens (including phenoxy) is 2. The molecule has 0 bridgehead atoms. The average molecular weight is 309 g/mol. The molecule has 0 N–H and O–H groups in total. The Morgan fingerprint density at radius 2 is 1.81 bits per heavy atom. The summed E-state index contributed by atoms with van der Waals surface area (Å²) in [6, 6.07) is 7.07. The van der Waals surface area contributed by atoms with Crippen LogP contribution in [0.4, 0.5) is 0 Å². The molecule has 112 valence electrons. The third-order valence-electron chi connectivity index (χ3n) is 2.40. The second-order valence-electron chi connectivity index (χ2n) is 4.32. The maximum Gasteiger partial charge on any atom is 0.333 e. The molecular formula is C16H17ClO4. The van der Waals surface area contributed by atoms with Crippen molar-refractivity contribution >= 4 is 29.6 Å². The van der Waals surface area contributed by atoms with Crippen LogP contribution in [0.1, 0.15) is 18.9 Å². The van der Waals surface area contributed by atoms with Crippen LogP contribution < -0.4 is 0 Å². The van der Waals surface area contributed by atoms with Crippen LogP contribution in [0.2, 0.25) is 5.02 Å². The Hall–Kier alpha value is -2.07. The first-order valence-corrected chi connectivity index (χ1v) is 6.80. The number of rotatable bonds is 7. The van der Waals surface area contributed by atoms with Gasteiger partial charge in [0.25, 0.3) is 0 Å². The lowest BCUT2D eigenvalue weighted by atomic mass is 10.2. The van der Waals surface area contributed by atoms with E-state index in [1.807, 2.05) is 0 Å². The van der Waals surface area contributed by atoms with E-state index in [9.17, 15) is 9.59 Å². The molecule has 0 atom stereocenters. The summed E-state index contributed by atoms with van der Waals surface area (Å²) in [4.78, 5) is 22.5. The van der Waals surface area contributed by atoms with Gasteiger partial charge in [-0.2, -0.15) is 0 Å². The Bertz CT molecular complexity index is 532. The lowest BCUT2D eigenvalue weighted by molar-refractivity contribution is -0.140. The monoisotopic (exact) mass is 308 g/mol. The molecule has 4 nitrogen and oxygen atoms in total. The fourth-order valence-electron chi connectivity index (χ4n) is 1.31. The van der Waals surface area contributed by atoms with Gasteiger partial charge in [-0.3, -0.25) is 0 Å². The third kappa shape index (κ3) is 7.32. The molecule has 1 rings (SSSR count). The molecule has 0 amide bonds. The van der Waals surface area contributed by atoms with Gasteiger partial charge in [0.05, 0.1) is 13.2 Å². The van der Waals surface area contributed by atoms with Gasteiger partial charge in [0.15, 0.2) is 0 Å². The van der Waals surface area contributed by atoms with Crippen LogP contribution in [0.3, 0.4) is 0 Å². The molecular weight excluding hydrogens is 292 g/mol. The molecule has 0 unspecified atom stereocenters. The van der Waals surface area contributed by atoms with Gasteiger partial charge in [0.1, 0.15) is 0 Å². The molecule has 0 aromatic heterocycles. The molecule has 0 fully saturated rings. The van der Waals surface area contributed by atoms with Crippen molar-refractivity contribution in [2.45, 2.75) is 13.3 Å². The highest BCUT2D eigenvalue weighted by atomic mass is 35.5. The van der Waals surface area contributed by atoms with Crippen molar-refractivity contribution in [3.05, 3.63) is 53.1 Å². The Morgan fingerprint density at radius 3 is 2.43 bits per heavy atom. The van der Waals surface area contributed by atoms with Crippen molar-refractivity contribution < 1.29 is 19.1 Å². The maximum atomic E-state index is 11.4. The van der Waals surface area contributed by atoms with Gasteiger partial charge in [-0.15, -0.1) is 0 Å². The number of carbonyl (C=O) groups excluding carboxylic acids is 2. The topological polar surface area (TPSA) is 52.6 Å². The number of esters is 2. The Kier molecular flexibility index (Phi) is 7.26. The molecule has 0 radical (unpaired) electrons. The predicted molar refractivity (Wildman–Crippen MR) is 81.8 cm³/mol. The van der Waals surface area contributed by atoms with E-state index in [2.05, 4.69) is 6.58 Å². The van der Waals surface area contributed by atoms with E-state index in [-0.39, 0.29) is 13.2 Å². The smallest absolute Gasteiger partial charge is 0.333 e. The van der Waals surface area contributed by atoms with Gasteiger partial charge >= 0.3 is 11.9 Å². The average Bonchev–Trinajstić information content (AvgIpc) is 2.46. The SMILES string of the molecule is C=C(C)C(=O)OCCCOC(=O)/C=C/c1ccc(Cl)cc1. The molecule has 1 aromatic rings. The van der Waals surface area contributed by atoms with Crippen molar-refractivity contribution in [3.63, 3.8) is 0 Å². The van der Waals surface area contributed by atoms with Gasteiger partial charge in [-0.25, -0.2) is 9.59 Å². The Labute approximate surface area is 129 Å². The molecule has 0 aliphatic rings. The highest BCUT2D eigenvalue weighted by molar-refractivity contribution is 6.30. The second kappa shape index (κ2) is 8.97. The van der Waals surface area contributed by atoms with Gasteiger partial charge in [0.2, 0.25) is 0 Å². The third-order valence-corrected chi connectivity index (χ3v) is 2.65. The fraction of sp³-hybridized carbons (Fsp3) is 0.250. The molecule has 0 aliphatic heterocycles. The summed E-state index contributed by atoms with van der Waals surface area (Å²) in [6.45, 7) is 5.42. The first kappa shape index (κ1) is 17.0. The summed E-state index contributed by atoms with van der Waals surface area (Å²) < 4.78 is 9.83. The first-order chi connectivity index (χ1) is 9.99. The van der Waals surface area contributed by atoms with E-state index in [0.717, 1.165) is 5.56 Å². The zero-order valence-corrected chi connectivity index (χ0v) is 12.6. The van der Waals surface area contributed by atoms with Crippen LogP contribution >= 0.6 is 11.6 Å². The maximum absolute atomic E-state index is 11.4. The van der Waals surface area contributed by atoms with Crippen LogP contribution in [-0.2, 0) is 19.1 Å². The molecule has 1 aromatic carbocycles. The minimum Gasteiger partial charge on any atom is -0.462 e. The number of halogens is 1. The van der Waals surface area contributed by atoms with E-state index in [4.69, 9.17) is 21.1 Å². The van der Waals surface area contributed by atoms with E-state index in [1.165, 1.54) is 6.08 Å². The van der Waals surface area contributed by atoms with Crippen LogP contribution in [0.25, 0.3) is 6.08 Å². The van der Waals surface area contributed by atoms with Gasteiger partial charge in [-0.1, -0.05) is 30.3 Å². The normalized spacial score (nSPS) is 10.4. The van der Waals surface area contributed by atoms with Crippen LogP contribution in [0, 0.1) is 0 Å². The van der Waals surface area contributed by atoms with Crippen molar-refractivity contribution in [2.75, 3.05) is 13.2 Å². The summed E-state index contributed by atoms with van der Waals surface area (Å²) in [5.74, 6) is -0.889. The fourth-order valence-corrected chi connectivity index (χ4v) is 1.43. The van der Waals surface area contributed by atoms with E-state index < -0.39 is 11.9 Å². The van der Waals surface area contributed by atoms with E-state index in [0.29, 0.717) is 17.0 Å². The minimum absolute atomic E-state index is 0.188. The Balaban J connectivity index is 2.21. The van der Waals surface area contributed by atoms with Gasteiger partial charge in [-0.05, 0) is 30.7 Å². The highest BCUT2D eigenvalue weighted by Gasteiger charge is 2.03.